The maximum Gasteiger partial charge on any atom is 0.261 e. The van der Waals surface area contributed by atoms with Crippen LogP contribution in [0.5, 0.6) is 0 Å². The Labute approximate surface area is 173 Å². The summed E-state index contributed by atoms with van der Waals surface area (Å²) < 4.78 is 0. The van der Waals surface area contributed by atoms with Gasteiger partial charge in [0.15, 0.2) is 0 Å². The number of imide groups is 1. The summed E-state index contributed by atoms with van der Waals surface area (Å²) in [7, 11) is 0. The van der Waals surface area contributed by atoms with Crippen LogP contribution in [0.25, 0.3) is 0 Å². The van der Waals surface area contributed by atoms with Gasteiger partial charge in [0.2, 0.25) is 11.0 Å². The molecule has 0 spiro atoms. The number of fused-ring (bicyclic) bond motifs is 1. The van der Waals surface area contributed by atoms with Gasteiger partial charge in [-0.25, -0.2) is 0 Å². The third-order valence-electron chi connectivity index (χ3n) is 5.71. The van der Waals surface area contributed by atoms with E-state index < -0.39 is 0 Å². The molecule has 3 amide bonds. The third kappa shape index (κ3) is 3.81. The molecule has 0 saturated heterocycles. The topological polar surface area (TPSA) is 92.3 Å². The molecule has 1 aliphatic carbocycles. The van der Waals surface area contributed by atoms with E-state index in [2.05, 4.69) is 15.5 Å². The molecule has 2 atom stereocenters. The van der Waals surface area contributed by atoms with Crippen LogP contribution in [0.2, 0.25) is 0 Å². The molecule has 2 heterocycles. The average Bonchev–Trinajstić information content (AvgIpc) is 3.28. The van der Waals surface area contributed by atoms with E-state index >= 15 is 0 Å². The fraction of sp³-hybridized carbons (Fsp3) is 0.476. The Morgan fingerprint density at radius 3 is 2.41 bits per heavy atom. The summed E-state index contributed by atoms with van der Waals surface area (Å²) in [5, 5.41) is 12.5. The molecule has 2 aromatic rings. The lowest BCUT2D eigenvalue weighted by molar-refractivity contribution is -0.122. The van der Waals surface area contributed by atoms with Crippen LogP contribution in [0.15, 0.2) is 24.3 Å². The first-order chi connectivity index (χ1) is 14.0. The van der Waals surface area contributed by atoms with Gasteiger partial charge in [-0.15, -0.1) is 10.2 Å². The van der Waals surface area contributed by atoms with Crippen molar-refractivity contribution >= 4 is 34.2 Å². The molecule has 8 heteroatoms. The van der Waals surface area contributed by atoms with Gasteiger partial charge in [-0.05, 0) is 30.9 Å². The summed E-state index contributed by atoms with van der Waals surface area (Å²) in [5.41, 5.74) is 0.897. The second-order valence-electron chi connectivity index (χ2n) is 8.01. The Kier molecular flexibility index (Phi) is 5.45. The van der Waals surface area contributed by atoms with Crippen molar-refractivity contribution in [3.8, 4) is 0 Å². The minimum absolute atomic E-state index is 0.0524. The Bertz CT molecular complexity index is 920. The lowest BCUT2D eigenvalue weighted by Gasteiger charge is -2.32. The molecule has 1 N–H and O–H groups in total. The Morgan fingerprint density at radius 1 is 1.14 bits per heavy atom. The molecule has 7 nitrogen and oxygen atoms in total. The maximum atomic E-state index is 13.0. The van der Waals surface area contributed by atoms with Gasteiger partial charge in [-0.1, -0.05) is 50.2 Å². The van der Waals surface area contributed by atoms with Crippen molar-refractivity contribution in [3.05, 3.63) is 40.4 Å². The molecule has 2 aliphatic rings. The molecule has 0 radical (unpaired) electrons. The number of nitrogens with one attached hydrogen (secondary N) is 1. The van der Waals surface area contributed by atoms with Crippen LogP contribution < -0.4 is 5.32 Å². The van der Waals surface area contributed by atoms with Crippen LogP contribution in [0.4, 0.5) is 5.13 Å². The summed E-state index contributed by atoms with van der Waals surface area (Å²) in [6.45, 7) is 4.34. The predicted octanol–water partition coefficient (Wildman–Crippen LogP) is 3.70. The average molecular weight is 413 g/mol. The third-order valence-corrected chi connectivity index (χ3v) is 6.85. The van der Waals surface area contributed by atoms with E-state index in [-0.39, 0.29) is 42.0 Å². The number of benzene rings is 1. The van der Waals surface area contributed by atoms with E-state index in [1.54, 1.807) is 24.3 Å². The van der Waals surface area contributed by atoms with Crippen molar-refractivity contribution in [2.45, 2.75) is 45.4 Å². The van der Waals surface area contributed by atoms with Crippen LogP contribution in [0, 0.1) is 11.8 Å². The van der Waals surface area contributed by atoms with E-state index in [9.17, 15) is 14.4 Å². The first kappa shape index (κ1) is 19.7. The molecular formula is C21H24N4O3S. The van der Waals surface area contributed by atoms with E-state index in [1.165, 1.54) is 16.2 Å². The lowest BCUT2D eigenvalue weighted by atomic mass is 9.78. The number of nitrogens with zero attached hydrogens (tertiary/aromatic N) is 3. The van der Waals surface area contributed by atoms with Gasteiger partial charge in [0, 0.05) is 18.4 Å². The normalized spacial score (nSPS) is 21.6. The zero-order chi connectivity index (χ0) is 20.5. The van der Waals surface area contributed by atoms with Crippen molar-refractivity contribution in [3.63, 3.8) is 0 Å². The van der Waals surface area contributed by atoms with Gasteiger partial charge in [-0.3, -0.25) is 19.3 Å². The number of rotatable bonds is 5. The molecule has 4 rings (SSSR count). The standard InChI is InChI=1S/C21H24N4O3S/c1-12(2)18-23-24-21(29-18)22-17(26)14-8-4-3-7-13(14)11-25-19(27)15-9-5-6-10-16(15)20(25)28/h5-6,9-10,12-14H,3-4,7-8,11H2,1-2H3,(H,22,24,26). The predicted molar refractivity (Wildman–Crippen MR) is 110 cm³/mol. The molecule has 1 aromatic carbocycles. The number of carbonyl (C=O) groups is 3. The van der Waals surface area contributed by atoms with Gasteiger partial charge in [0.1, 0.15) is 5.01 Å². The molecule has 1 aromatic heterocycles. The number of anilines is 1. The van der Waals surface area contributed by atoms with E-state index in [1.807, 2.05) is 13.8 Å². The molecule has 152 valence electrons. The van der Waals surface area contributed by atoms with Crippen LogP contribution in [-0.4, -0.2) is 39.4 Å². The fourth-order valence-electron chi connectivity index (χ4n) is 4.13. The highest BCUT2D eigenvalue weighted by Crippen LogP contribution is 2.34. The number of hydrogen-bond donors (Lipinski definition) is 1. The minimum Gasteiger partial charge on any atom is -0.300 e. The van der Waals surface area contributed by atoms with Gasteiger partial charge in [-0.2, -0.15) is 0 Å². The summed E-state index contributed by atoms with van der Waals surface area (Å²) in [4.78, 5) is 39.7. The van der Waals surface area contributed by atoms with E-state index in [0.717, 1.165) is 30.7 Å². The number of aromatic nitrogens is 2. The Morgan fingerprint density at radius 2 is 1.79 bits per heavy atom. The minimum atomic E-state index is -0.263. The molecule has 1 fully saturated rings. The van der Waals surface area contributed by atoms with Gasteiger partial charge in [0.25, 0.3) is 11.8 Å². The highest BCUT2D eigenvalue weighted by atomic mass is 32.1. The number of carbonyl (C=O) groups excluding carboxylic acids is 3. The summed E-state index contributed by atoms with van der Waals surface area (Å²) in [6.07, 6.45) is 3.52. The van der Waals surface area contributed by atoms with Gasteiger partial charge < -0.3 is 5.32 Å². The quantitative estimate of drug-likeness (QED) is 0.756. The number of amides is 3. The fourth-order valence-corrected chi connectivity index (χ4v) is 4.88. The van der Waals surface area contributed by atoms with E-state index in [4.69, 9.17) is 0 Å². The zero-order valence-corrected chi connectivity index (χ0v) is 17.4. The van der Waals surface area contributed by atoms with Gasteiger partial charge >= 0.3 is 0 Å². The molecular weight excluding hydrogens is 388 g/mol. The van der Waals surface area contributed by atoms with Crippen molar-refractivity contribution in [2.75, 3.05) is 11.9 Å². The zero-order valence-electron chi connectivity index (χ0n) is 16.6. The van der Waals surface area contributed by atoms with Crippen LogP contribution in [0.3, 0.4) is 0 Å². The Hall–Kier alpha value is -2.61. The van der Waals surface area contributed by atoms with Crippen LogP contribution in [-0.2, 0) is 4.79 Å². The van der Waals surface area contributed by atoms with Crippen molar-refractivity contribution < 1.29 is 14.4 Å². The summed E-state index contributed by atoms with van der Waals surface area (Å²) in [6, 6.07) is 6.89. The van der Waals surface area contributed by atoms with Gasteiger partial charge in [0.05, 0.1) is 11.1 Å². The monoisotopic (exact) mass is 412 g/mol. The molecule has 0 bridgehead atoms. The lowest BCUT2D eigenvalue weighted by Crippen LogP contribution is -2.41. The first-order valence-corrected chi connectivity index (χ1v) is 10.9. The first-order valence-electron chi connectivity index (χ1n) is 10.0. The van der Waals surface area contributed by atoms with Crippen molar-refractivity contribution in [1.29, 1.82) is 0 Å². The van der Waals surface area contributed by atoms with Crippen molar-refractivity contribution in [1.82, 2.24) is 15.1 Å². The molecule has 2 unspecified atom stereocenters. The highest BCUT2D eigenvalue weighted by molar-refractivity contribution is 7.15. The molecule has 29 heavy (non-hydrogen) atoms. The second-order valence-corrected chi connectivity index (χ2v) is 9.02. The highest BCUT2D eigenvalue weighted by Gasteiger charge is 2.40. The summed E-state index contributed by atoms with van der Waals surface area (Å²) in [5.74, 6) is -0.669. The molecule has 1 saturated carbocycles. The van der Waals surface area contributed by atoms with Crippen LogP contribution in [0.1, 0.15) is 71.2 Å². The second kappa shape index (κ2) is 8.02. The summed E-state index contributed by atoms with van der Waals surface area (Å²) >= 11 is 1.39. The molecule has 1 aliphatic heterocycles. The van der Waals surface area contributed by atoms with Crippen LogP contribution >= 0.6 is 11.3 Å². The van der Waals surface area contributed by atoms with Crippen molar-refractivity contribution in [2.24, 2.45) is 11.8 Å². The van der Waals surface area contributed by atoms with E-state index in [0.29, 0.717) is 16.3 Å². The maximum absolute atomic E-state index is 13.0. The Balaban J connectivity index is 1.47. The SMILES string of the molecule is CC(C)c1nnc(NC(=O)C2CCCCC2CN2C(=O)c3ccccc3C2=O)s1. The smallest absolute Gasteiger partial charge is 0.261 e. The number of hydrogen-bond acceptors (Lipinski definition) is 6. The largest absolute Gasteiger partial charge is 0.300 e.